The van der Waals surface area contributed by atoms with E-state index in [0.29, 0.717) is 4.96 Å². The van der Waals surface area contributed by atoms with Crippen molar-refractivity contribution >= 4 is 32.1 Å². The zero-order chi connectivity index (χ0) is 18.9. The zero-order valence-electron chi connectivity index (χ0n) is 12.8. The topological polar surface area (TPSA) is 94.8 Å². The van der Waals surface area contributed by atoms with Crippen LogP contribution < -0.4 is 5.56 Å². The molecule has 11 heteroatoms. The number of rotatable bonds is 5. The van der Waals surface area contributed by atoms with Crippen molar-refractivity contribution in [1.29, 1.82) is 0 Å². The van der Waals surface area contributed by atoms with Crippen LogP contribution in [0.1, 0.15) is 16.1 Å². The van der Waals surface area contributed by atoms with E-state index >= 15 is 0 Å². The van der Waals surface area contributed by atoms with Crippen LogP contribution in [0.3, 0.4) is 0 Å². The molecule has 3 rings (SSSR count). The predicted octanol–water partition coefficient (Wildman–Crippen LogP) is 2.11. The SMILES string of the molecule is O=C(OCc1cc(=O)n2ccsc2n1)c1ccc(S(=O)(=O)C(F)F)cc1. The number of benzene rings is 1. The van der Waals surface area contributed by atoms with Gasteiger partial charge in [-0.05, 0) is 24.3 Å². The fraction of sp³-hybridized carbons (Fsp3) is 0.133. The molecule has 0 atom stereocenters. The minimum atomic E-state index is -4.73. The molecule has 3 aromatic rings. The van der Waals surface area contributed by atoms with Crippen LogP contribution >= 0.6 is 11.3 Å². The Hall–Kier alpha value is -2.66. The largest absolute Gasteiger partial charge is 0.456 e. The molecule has 0 aliphatic heterocycles. The van der Waals surface area contributed by atoms with Crippen molar-refractivity contribution < 1.29 is 26.7 Å². The number of esters is 1. The minimum Gasteiger partial charge on any atom is -0.456 e. The first kappa shape index (κ1) is 18.1. The molecule has 26 heavy (non-hydrogen) atoms. The molecule has 0 spiro atoms. The summed E-state index contributed by atoms with van der Waals surface area (Å²) in [4.78, 5) is 27.8. The van der Waals surface area contributed by atoms with Gasteiger partial charge in [-0.3, -0.25) is 9.20 Å². The number of nitrogens with zero attached hydrogens (tertiary/aromatic N) is 2. The summed E-state index contributed by atoms with van der Waals surface area (Å²) in [6.07, 6.45) is 1.57. The molecule has 0 fully saturated rings. The monoisotopic (exact) mass is 400 g/mol. The Bertz CT molecular complexity index is 1120. The maximum Gasteiger partial charge on any atom is 0.341 e. The minimum absolute atomic E-state index is 0.0212. The van der Waals surface area contributed by atoms with Gasteiger partial charge in [0.1, 0.15) is 6.61 Å². The van der Waals surface area contributed by atoms with Crippen molar-refractivity contribution in [2.45, 2.75) is 17.3 Å². The standard InChI is InChI=1S/C15H10F2N2O5S2/c16-14(17)26(22,23)11-3-1-9(2-4-11)13(21)24-8-10-7-12(20)19-5-6-25-15(19)18-10/h1-7,14H,8H2. The van der Waals surface area contributed by atoms with E-state index in [1.54, 1.807) is 11.6 Å². The van der Waals surface area contributed by atoms with Crippen molar-refractivity contribution in [1.82, 2.24) is 9.38 Å². The summed E-state index contributed by atoms with van der Waals surface area (Å²) in [6, 6.07) is 5.18. The average Bonchev–Trinajstić information content (AvgIpc) is 3.09. The molecule has 0 radical (unpaired) electrons. The second-order valence-corrected chi connectivity index (χ2v) is 7.84. The third-order valence-corrected chi connectivity index (χ3v) is 5.52. The number of carbonyl (C=O) groups excluding carboxylic acids is 1. The van der Waals surface area contributed by atoms with Gasteiger partial charge in [0.25, 0.3) is 5.56 Å². The zero-order valence-corrected chi connectivity index (χ0v) is 14.5. The maximum absolute atomic E-state index is 12.5. The summed E-state index contributed by atoms with van der Waals surface area (Å²) in [7, 11) is -4.73. The Morgan fingerprint density at radius 1 is 1.27 bits per heavy atom. The van der Waals surface area contributed by atoms with Gasteiger partial charge in [0.15, 0.2) is 4.96 Å². The number of alkyl halides is 2. The number of ether oxygens (including phenoxy) is 1. The lowest BCUT2D eigenvalue weighted by Crippen LogP contribution is -2.15. The van der Waals surface area contributed by atoms with E-state index in [2.05, 4.69) is 4.98 Å². The quantitative estimate of drug-likeness (QED) is 0.609. The number of aromatic nitrogens is 2. The van der Waals surface area contributed by atoms with Gasteiger partial charge in [0, 0.05) is 17.6 Å². The molecule has 0 aliphatic rings. The van der Waals surface area contributed by atoms with Crippen LogP contribution in [-0.4, -0.2) is 29.5 Å². The molecule has 0 saturated carbocycles. The van der Waals surface area contributed by atoms with Gasteiger partial charge in [-0.1, -0.05) is 0 Å². The lowest BCUT2D eigenvalue weighted by atomic mass is 10.2. The van der Waals surface area contributed by atoms with Crippen molar-refractivity contribution in [3.8, 4) is 0 Å². The Balaban J connectivity index is 1.72. The first-order valence-corrected chi connectivity index (χ1v) is 9.46. The molecule has 0 N–H and O–H groups in total. The van der Waals surface area contributed by atoms with Crippen LogP contribution in [-0.2, 0) is 21.2 Å². The van der Waals surface area contributed by atoms with Gasteiger partial charge in [0.2, 0.25) is 9.84 Å². The molecule has 2 aromatic heterocycles. The average molecular weight is 400 g/mol. The first-order chi connectivity index (χ1) is 12.3. The lowest BCUT2D eigenvalue weighted by Gasteiger charge is -2.06. The summed E-state index contributed by atoms with van der Waals surface area (Å²) in [5.74, 6) is -4.35. The van der Waals surface area contributed by atoms with E-state index in [1.807, 2.05) is 0 Å². The molecule has 0 bridgehead atoms. The van der Waals surface area contributed by atoms with Crippen molar-refractivity contribution in [3.05, 3.63) is 63.5 Å². The molecule has 2 heterocycles. The molecular formula is C15H10F2N2O5S2. The van der Waals surface area contributed by atoms with Crippen molar-refractivity contribution in [2.75, 3.05) is 0 Å². The van der Waals surface area contributed by atoms with Crippen molar-refractivity contribution in [2.24, 2.45) is 0 Å². The van der Waals surface area contributed by atoms with Gasteiger partial charge < -0.3 is 4.74 Å². The second-order valence-electron chi connectivity index (χ2n) is 5.05. The van der Waals surface area contributed by atoms with Gasteiger partial charge in [-0.25, -0.2) is 18.2 Å². The summed E-state index contributed by atoms with van der Waals surface area (Å²) in [5, 5.41) is 1.69. The highest BCUT2D eigenvalue weighted by atomic mass is 32.2. The number of carbonyl (C=O) groups is 1. The molecule has 0 unspecified atom stereocenters. The summed E-state index contributed by atoms with van der Waals surface area (Å²) in [5.41, 5.74) is -0.0845. The van der Waals surface area contributed by atoms with Crippen LogP contribution in [0.15, 0.2) is 51.6 Å². The smallest absolute Gasteiger partial charge is 0.341 e. The van der Waals surface area contributed by atoms with Gasteiger partial charge >= 0.3 is 11.7 Å². The fourth-order valence-corrected chi connectivity index (χ4v) is 3.53. The van der Waals surface area contributed by atoms with Gasteiger partial charge in [-0.15, -0.1) is 11.3 Å². The highest BCUT2D eigenvalue weighted by Crippen LogP contribution is 2.19. The number of hydrogen-bond acceptors (Lipinski definition) is 7. The van der Waals surface area contributed by atoms with Gasteiger partial charge in [-0.2, -0.15) is 8.78 Å². The molecule has 7 nitrogen and oxygen atoms in total. The highest BCUT2D eigenvalue weighted by molar-refractivity contribution is 7.91. The summed E-state index contributed by atoms with van der Waals surface area (Å²) < 4.78 is 54.0. The first-order valence-electron chi connectivity index (χ1n) is 7.04. The number of sulfone groups is 1. The normalized spacial score (nSPS) is 11.8. The summed E-state index contributed by atoms with van der Waals surface area (Å²) in [6.45, 7) is -0.264. The molecule has 1 aromatic carbocycles. The number of thiazole rings is 1. The number of fused-ring (bicyclic) bond motifs is 1. The molecular weight excluding hydrogens is 390 g/mol. The van der Waals surface area contributed by atoms with Crippen molar-refractivity contribution in [3.63, 3.8) is 0 Å². The Morgan fingerprint density at radius 2 is 1.96 bits per heavy atom. The van der Waals surface area contributed by atoms with E-state index in [9.17, 15) is 26.8 Å². The van der Waals surface area contributed by atoms with Crippen LogP contribution in [0.5, 0.6) is 0 Å². The molecule has 0 saturated heterocycles. The maximum atomic E-state index is 12.5. The van der Waals surface area contributed by atoms with Gasteiger partial charge in [0.05, 0.1) is 16.2 Å². The number of halogens is 2. The second kappa shape index (κ2) is 6.92. The van der Waals surface area contributed by atoms with Crippen LogP contribution in [0.4, 0.5) is 8.78 Å². The Kier molecular flexibility index (Phi) is 4.83. The molecule has 136 valence electrons. The van der Waals surface area contributed by atoms with E-state index < -0.39 is 26.5 Å². The third-order valence-electron chi connectivity index (χ3n) is 3.36. The van der Waals surface area contributed by atoms with E-state index in [4.69, 9.17) is 4.74 Å². The highest BCUT2D eigenvalue weighted by Gasteiger charge is 2.26. The Labute approximate surface area is 149 Å². The third kappa shape index (κ3) is 3.48. The lowest BCUT2D eigenvalue weighted by molar-refractivity contribution is 0.0467. The van der Waals surface area contributed by atoms with Crippen LogP contribution in [0, 0.1) is 0 Å². The summed E-state index contributed by atoms with van der Waals surface area (Å²) >= 11 is 1.25. The van der Waals surface area contributed by atoms with Crippen LogP contribution in [0.2, 0.25) is 0 Å². The predicted molar refractivity (Wildman–Crippen MR) is 88.1 cm³/mol. The Morgan fingerprint density at radius 3 is 2.62 bits per heavy atom. The number of hydrogen-bond donors (Lipinski definition) is 0. The van der Waals surface area contributed by atoms with E-state index in [1.165, 1.54) is 21.8 Å². The van der Waals surface area contributed by atoms with E-state index in [-0.39, 0.29) is 23.4 Å². The molecule has 0 aliphatic carbocycles. The fourth-order valence-electron chi connectivity index (χ4n) is 2.07. The van der Waals surface area contributed by atoms with Crippen LogP contribution in [0.25, 0.3) is 4.96 Å². The van der Waals surface area contributed by atoms with E-state index in [0.717, 1.165) is 24.3 Å². The molecule has 0 amide bonds.